The average Bonchev–Trinajstić information content (AvgIpc) is 3.44. The van der Waals surface area contributed by atoms with Crippen LogP contribution in [0.5, 0.6) is 5.75 Å². The Morgan fingerprint density at radius 1 is 1.02 bits per heavy atom. The van der Waals surface area contributed by atoms with Gasteiger partial charge in [0.1, 0.15) is 11.3 Å². The number of carbonyl (C=O) groups is 3. The molecule has 1 saturated heterocycles. The maximum absolute atomic E-state index is 14.1. The molecular weight excluding hydrogens is 565 g/mol. The van der Waals surface area contributed by atoms with Gasteiger partial charge in [0.25, 0.3) is 0 Å². The first kappa shape index (κ1) is 34.0. The molecule has 1 saturated carbocycles. The first-order valence-electron chi connectivity index (χ1n) is 14.6. The predicted octanol–water partition coefficient (Wildman–Crippen LogP) is 5.58. The molecule has 3 unspecified atom stereocenters. The third-order valence-electron chi connectivity index (χ3n) is 8.95. The summed E-state index contributed by atoms with van der Waals surface area (Å²) in [6.45, 7) is 10.6. The van der Waals surface area contributed by atoms with Crippen molar-refractivity contribution in [1.82, 2.24) is 5.09 Å². The minimum atomic E-state index is -4.26. The molecule has 1 aliphatic heterocycles. The third-order valence-corrected chi connectivity index (χ3v) is 10.5. The van der Waals surface area contributed by atoms with Crippen LogP contribution >= 0.6 is 7.75 Å². The molecule has 12 heteroatoms. The van der Waals surface area contributed by atoms with Gasteiger partial charge in [0.2, 0.25) is 6.79 Å². The van der Waals surface area contributed by atoms with Crippen LogP contribution in [0.25, 0.3) is 0 Å². The Balaban J connectivity index is 1.73. The molecule has 0 amide bonds. The molecule has 236 valence electrons. The van der Waals surface area contributed by atoms with E-state index in [0.29, 0.717) is 12.8 Å². The van der Waals surface area contributed by atoms with Gasteiger partial charge >= 0.3 is 25.7 Å². The lowest BCUT2D eigenvalue weighted by molar-refractivity contribution is -0.168. The number of carbonyl (C=O) groups excluding carboxylic acids is 2. The van der Waals surface area contributed by atoms with Gasteiger partial charge in [-0.25, -0.2) is 9.09 Å². The van der Waals surface area contributed by atoms with Crippen molar-refractivity contribution in [3.63, 3.8) is 0 Å². The lowest BCUT2D eigenvalue weighted by Gasteiger charge is -2.41. The molecule has 0 aromatic heterocycles. The Morgan fingerprint density at radius 3 is 2.14 bits per heavy atom. The smallest absolute Gasteiger partial charge is 0.462 e. The zero-order valence-corrected chi connectivity index (χ0v) is 26.4. The van der Waals surface area contributed by atoms with Gasteiger partial charge in [-0.1, -0.05) is 44.9 Å². The summed E-state index contributed by atoms with van der Waals surface area (Å²) in [4.78, 5) is 38.4. The highest BCUT2D eigenvalue weighted by Crippen LogP contribution is 2.51. The van der Waals surface area contributed by atoms with Crippen molar-refractivity contribution in [1.29, 1.82) is 0 Å². The summed E-state index contributed by atoms with van der Waals surface area (Å²) in [5.41, 5.74) is -3.52. The van der Waals surface area contributed by atoms with Crippen LogP contribution in [0.2, 0.25) is 0 Å². The highest BCUT2D eigenvalue weighted by molar-refractivity contribution is 7.52. The second-order valence-corrected chi connectivity index (χ2v) is 14.1. The summed E-state index contributed by atoms with van der Waals surface area (Å²) in [7, 11) is -4.26. The number of ether oxygens (including phenoxy) is 3. The Bertz CT molecular complexity index is 1130. The Kier molecular flexibility index (Phi) is 11.3. The Labute approximate surface area is 248 Å². The molecule has 3 rings (SSSR count). The minimum absolute atomic E-state index is 0.197. The van der Waals surface area contributed by atoms with Gasteiger partial charge < -0.3 is 23.8 Å². The molecule has 2 N–H and O–H groups in total. The highest BCUT2D eigenvalue weighted by atomic mass is 31.2. The maximum Gasteiger partial charge on any atom is 0.462 e. The van der Waals surface area contributed by atoms with Crippen LogP contribution < -0.4 is 9.61 Å². The van der Waals surface area contributed by atoms with E-state index in [0.717, 1.165) is 19.3 Å². The zero-order chi connectivity index (χ0) is 31.2. The number of esters is 2. The van der Waals surface area contributed by atoms with E-state index in [9.17, 15) is 24.1 Å². The van der Waals surface area contributed by atoms with Gasteiger partial charge in [0, 0.05) is 11.8 Å². The van der Waals surface area contributed by atoms with E-state index in [-0.39, 0.29) is 31.5 Å². The summed E-state index contributed by atoms with van der Waals surface area (Å²) < 4.78 is 42.0. The lowest BCUT2D eigenvalue weighted by Crippen LogP contribution is -2.57. The minimum Gasteiger partial charge on any atom is -0.481 e. The van der Waals surface area contributed by atoms with Crippen molar-refractivity contribution in [2.45, 2.75) is 79.2 Å². The zero-order valence-electron chi connectivity index (χ0n) is 25.6. The molecule has 2 aliphatic rings. The van der Waals surface area contributed by atoms with E-state index in [2.05, 4.69) is 5.09 Å². The third kappa shape index (κ3) is 7.73. The number of carboxylic acids is 1. The number of rotatable bonds is 16. The van der Waals surface area contributed by atoms with Crippen molar-refractivity contribution in [2.75, 3.05) is 26.6 Å². The number of nitrogens with one attached hydrogen (secondary N) is 1. The lowest BCUT2D eigenvalue weighted by atomic mass is 9.64. The van der Waals surface area contributed by atoms with E-state index < -0.39 is 60.7 Å². The van der Waals surface area contributed by atoms with Gasteiger partial charge in [-0.05, 0) is 65.0 Å². The molecule has 3 atom stereocenters. The van der Waals surface area contributed by atoms with E-state index in [1.807, 2.05) is 13.8 Å². The van der Waals surface area contributed by atoms with Gasteiger partial charge in [-0.3, -0.25) is 14.4 Å². The standard InChI is InChI=1S/C30H46NO10P/c1-7-21(8-2)17-38-27(35)30(15-12-16-30)31-42(36,41-22-13-10-9-11-14-22)40-20-39-26(34)29(5,6)24-19-37-18-23(24)28(3,4)25(32)33/h9-11,13-14,21,23-24H,7-8,12,15-20H2,1-6H3,(H,31,36)(H,32,33). The maximum atomic E-state index is 14.1. The fraction of sp³-hybridized carbons (Fsp3) is 0.700. The van der Waals surface area contributed by atoms with Crippen molar-refractivity contribution in [2.24, 2.45) is 28.6 Å². The monoisotopic (exact) mass is 611 g/mol. The van der Waals surface area contributed by atoms with E-state index in [4.69, 9.17) is 23.3 Å². The van der Waals surface area contributed by atoms with E-state index in [1.165, 1.54) is 0 Å². The molecule has 1 aromatic rings. The first-order valence-corrected chi connectivity index (χ1v) is 16.2. The molecular formula is C30H46NO10P. The molecule has 0 spiro atoms. The molecule has 42 heavy (non-hydrogen) atoms. The van der Waals surface area contributed by atoms with Crippen LogP contribution in [0.3, 0.4) is 0 Å². The molecule has 1 aliphatic carbocycles. The summed E-state index contributed by atoms with van der Waals surface area (Å²) in [5, 5.41) is 12.6. The number of benzene rings is 1. The van der Waals surface area contributed by atoms with Gasteiger partial charge in [-0.15, -0.1) is 0 Å². The van der Waals surface area contributed by atoms with Crippen LogP contribution in [0.15, 0.2) is 30.3 Å². The topological polar surface area (TPSA) is 147 Å². The number of aliphatic carboxylic acids is 1. The van der Waals surface area contributed by atoms with Crippen LogP contribution in [-0.4, -0.2) is 55.2 Å². The molecule has 0 bridgehead atoms. The molecule has 11 nitrogen and oxygen atoms in total. The fourth-order valence-corrected chi connectivity index (χ4v) is 6.93. The summed E-state index contributed by atoms with van der Waals surface area (Å²) in [6.07, 6.45) is 3.22. The van der Waals surface area contributed by atoms with Gasteiger partial charge in [0.05, 0.1) is 30.7 Å². The Morgan fingerprint density at radius 2 is 1.62 bits per heavy atom. The van der Waals surface area contributed by atoms with Crippen molar-refractivity contribution >= 4 is 25.7 Å². The molecule has 1 heterocycles. The number of hydrogen-bond acceptors (Lipinski definition) is 9. The largest absolute Gasteiger partial charge is 0.481 e. The van der Waals surface area contributed by atoms with Crippen LogP contribution in [0.1, 0.15) is 73.6 Å². The van der Waals surface area contributed by atoms with E-state index in [1.54, 1.807) is 58.0 Å². The highest BCUT2D eigenvalue weighted by Gasteiger charge is 2.54. The van der Waals surface area contributed by atoms with Gasteiger partial charge in [0.15, 0.2) is 0 Å². The van der Waals surface area contributed by atoms with Crippen molar-refractivity contribution in [3.8, 4) is 5.75 Å². The van der Waals surface area contributed by atoms with Crippen LogP contribution in [0, 0.1) is 28.6 Å². The summed E-state index contributed by atoms with van der Waals surface area (Å²) in [5.74, 6) is -2.58. The van der Waals surface area contributed by atoms with Crippen molar-refractivity contribution < 1.29 is 47.3 Å². The summed E-state index contributed by atoms with van der Waals surface area (Å²) >= 11 is 0. The normalized spacial score (nSPS) is 21.7. The molecule has 0 radical (unpaired) electrons. The predicted molar refractivity (Wildman–Crippen MR) is 154 cm³/mol. The SMILES string of the molecule is CCC(CC)COC(=O)C1(NP(=O)(OCOC(=O)C(C)(C)C2COCC2C(C)(C)C(=O)O)Oc2ccccc2)CCC1. The number of carboxylic acid groups (broad SMARTS) is 1. The second kappa shape index (κ2) is 13.9. The number of hydrogen-bond donors (Lipinski definition) is 2. The molecule has 2 fully saturated rings. The first-order chi connectivity index (χ1) is 19.7. The molecule has 1 aromatic carbocycles. The van der Waals surface area contributed by atoms with Crippen LogP contribution in [-0.2, 0) is 37.7 Å². The second-order valence-electron chi connectivity index (χ2n) is 12.4. The Hall–Kier alpha value is -2.46. The number of para-hydroxylation sites is 1. The summed E-state index contributed by atoms with van der Waals surface area (Å²) in [6, 6.07) is 8.35. The van der Waals surface area contributed by atoms with E-state index >= 15 is 0 Å². The van der Waals surface area contributed by atoms with Gasteiger partial charge in [-0.2, -0.15) is 5.09 Å². The van der Waals surface area contributed by atoms with Crippen molar-refractivity contribution in [3.05, 3.63) is 30.3 Å². The fourth-order valence-electron chi connectivity index (χ4n) is 5.33. The average molecular weight is 612 g/mol. The quantitative estimate of drug-likeness (QED) is 0.137. The van der Waals surface area contributed by atoms with Crippen LogP contribution in [0.4, 0.5) is 0 Å².